The van der Waals surface area contributed by atoms with Crippen molar-refractivity contribution in [3.05, 3.63) is 17.8 Å². The fourth-order valence-corrected chi connectivity index (χ4v) is 1.19. The van der Waals surface area contributed by atoms with Gasteiger partial charge >= 0.3 is 5.97 Å². The molecule has 5 nitrogen and oxygen atoms in total. The molecule has 1 fully saturated rings. The smallest absolute Gasteiger partial charge is 0.341 e. The van der Waals surface area contributed by atoms with E-state index >= 15 is 0 Å². The number of ether oxygens (including phenoxy) is 2. The van der Waals surface area contributed by atoms with Crippen LogP contribution in [-0.2, 0) is 0 Å². The normalized spacial score (nSPS) is 14.7. The monoisotopic (exact) mass is 209 g/mol. The summed E-state index contributed by atoms with van der Waals surface area (Å²) in [7, 11) is 1.39. The van der Waals surface area contributed by atoms with E-state index in [9.17, 15) is 4.79 Å². The van der Waals surface area contributed by atoms with Crippen LogP contribution in [0.25, 0.3) is 0 Å². The molecule has 5 heteroatoms. The first-order valence-corrected chi connectivity index (χ1v) is 4.64. The van der Waals surface area contributed by atoms with Gasteiger partial charge in [-0.2, -0.15) is 0 Å². The number of carboxylic acid groups (broad SMARTS) is 1. The zero-order valence-corrected chi connectivity index (χ0v) is 8.27. The lowest BCUT2D eigenvalue weighted by atomic mass is 10.2. The predicted octanol–water partition coefficient (Wildman–Crippen LogP) is 1.33. The molecule has 1 saturated carbocycles. The van der Waals surface area contributed by atoms with Crippen LogP contribution in [-0.4, -0.2) is 29.3 Å². The summed E-state index contributed by atoms with van der Waals surface area (Å²) in [5, 5.41) is 8.90. The topological polar surface area (TPSA) is 68.7 Å². The zero-order chi connectivity index (χ0) is 10.8. The largest absolute Gasteiger partial charge is 0.489 e. The van der Waals surface area contributed by atoms with Gasteiger partial charge in [0.1, 0.15) is 11.3 Å². The van der Waals surface area contributed by atoms with Gasteiger partial charge in [0.15, 0.2) is 0 Å². The quantitative estimate of drug-likeness (QED) is 0.810. The Morgan fingerprint density at radius 2 is 2.33 bits per heavy atom. The molecule has 0 atom stereocenters. The van der Waals surface area contributed by atoms with Crippen LogP contribution in [0, 0.1) is 0 Å². The summed E-state index contributed by atoms with van der Waals surface area (Å²) in [6, 6.07) is 1.44. The molecule has 0 aliphatic heterocycles. The molecular formula is C10H11NO4. The SMILES string of the molecule is COc1ncc(OC2CC2)cc1C(=O)O. The Labute approximate surface area is 86.7 Å². The Balaban J connectivity index is 2.26. The van der Waals surface area contributed by atoms with E-state index in [2.05, 4.69) is 4.98 Å². The molecule has 2 rings (SSSR count). The molecule has 1 aromatic heterocycles. The van der Waals surface area contributed by atoms with Crippen molar-refractivity contribution in [1.82, 2.24) is 4.98 Å². The zero-order valence-electron chi connectivity index (χ0n) is 8.27. The molecule has 0 aromatic carbocycles. The third-order valence-corrected chi connectivity index (χ3v) is 2.08. The van der Waals surface area contributed by atoms with Gasteiger partial charge in [-0.15, -0.1) is 0 Å². The van der Waals surface area contributed by atoms with Crippen LogP contribution in [0.4, 0.5) is 0 Å². The lowest BCUT2D eigenvalue weighted by molar-refractivity contribution is 0.0691. The highest BCUT2D eigenvalue weighted by molar-refractivity contribution is 5.90. The van der Waals surface area contributed by atoms with Crippen LogP contribution in [0.3, 0.4) is 0 Å². The molecule has 1 aliphatic rings. The van der Waals surface area contributed by atoms with Crippen LogP contribution in [0.2, 0.25) is 0 Å². The van der Waals surface area contributed by atoms with Gasteiger partial charge in [0, 0.05) is 6.07 Å². The number of methoxy groups -OCH3 is 1. The number of nitrogens with zero attached hydrogens (tertiary/aromatic N) is 1. The third-order valence-electron chi connectivity index (χ3n) is 2.08. The van der Waals surface area contributed by atoms with E-state index in [1.54, 1.807) is 0 Å². The number of aromatic carboxylic acids is 1. The molecule has 1 aromatic rings. The molecule has 80 valence electrons. The van der Waals surface area contributed by atoms with Crippen molar-refractivity contribution in [1.29, 1.82) is 0 Å². The minimum Gasteiger partial charge on any atom is -0.489 e. The molecule has 0 radical (unpaired) electrons. The molecule has 1 heterocycles. The molecule has 1 N–H and O–H groups in total. The van der Waals surface area contributed by atoms with E-state index < -0.39 is 5.97 Å². The van der Waals surface area contributed by atoms with Gasteiger partial charge in [-0.25, -0.2) is 9.78 Å². The van der Waals surface area contributed by atoms with Crippen LogP contribution < -0.4 is 9.47 Å². The Bertz CT molecular complexity index is 387. The lowest BCUT2D eigenvalue weighted by Crippen LogP contribution is -2.04. The first kappa shape index (κ1) is 9.76. The number of carbonyl (C=O) groups is 1. The predicted molar refractivity (Wildman–Crippen MR) is 51.4 cm³/mol. The molecule has 0 saturated heterocycles. The lowest BCUT2D eigenvalue weighted by Gasteiger charge is -2.07. The summed E-state index contributed by atoms with van der Waals surface area (Å²) in [4.78, 5) is 14.7. The standard InChI is InChI=1S/C10H11NO4/c1-14-9-8(10(12)13)4-7(5-11-9)15-6-2-3-6/h4-6H,2-3H2,1H3,(H,12,13). The minimum atomic E-state index is -1.07. The maximum atomic E-state index is 10.9. The van der Waals surface area contributed by atoms with Crippen molar-refractivity contribution in [2.24, 2.45) is 0 Å². The van der Waals surface area contributed by atoms with Gasteiger partial charge in [0.2, 0.25) is 5.88 Å². The number of hydrogen-bond donors (Lipinski definition) is 1. The van der Waals surface area contributed by atoms with E-state index in [0.29, 0.717) is 5.75 Å². The van der Waals surface area contributed by atoms with Crippen molar-refractivity contribution in [2.45, 2.75) is 18.9 Å². The van der Waals surface area contributed by atoms with E-state index in [-0.39, 0.29) is 17.5 Å². The fraction of sp³-hybridized carbons (Fsp3) is 0.400. The number of aromatic nitrogens is 1. The van der Waals surface area contributed by atoms with E-state index in [4.69, 9.17) is 14.6 Å². The van der Waals surface area contributed by atoms with Crippen LogP contribution in [0.5, 0.6) is 11.6 Å². The number of carboxylic acids is 1. The second-order valence-electron chi connectivity index (χ2n) is 3.35. The van der Waals surface area contributed by atoms with Crippen molar-refractivity contribution in [3.63, 3.8) is 0 Å². The number of pyridine rings is 1. The Morgan fingerprint density at radius 1 is 1.60 bits per heavy atom. The fourth-order valence-electron chi connectivity index (χ4n) is 1.19. The van der Waals surface area contributed by atoms with Crippen LogP contribution in [0.15, 0.2) is 12.3 Å². The average molecular weight is 209 g/mol. The molecule has 0 spiro atoms. The van der Waals surface area contributed by atoms with Crippen molar-refractivity contribution < 1.29 is 19.4 Å². The minimum absolute atomic E-state index is 0.0238. The van der Waals surface area contributed by atoms with Crippen molar-refractivity contribution in [2.75, 3.05) is 7.11 Å². The first-order chi connectivity index (χ1) is 7.20. The Kier molecular flexibility index (Phi) is 2.45. The molecular weight excluding hydrogens is 198 g/mol. The summed E-state index contributed by atoms with van der Waals surface area (Å²) in [6.07, 6.45) is 3.74. The summed E-state index contributed by atoms with van der Waals surface area (Å²) in [6.45, 7) is 0. The van der Waals surface area contributed by atoms with Gasteiger partial charge in [0.25, 0.3) is 0 Å². The van der Waals surface area contributed by atoms with Gasteiger partial charge in [0.05, 0.1) is 19.4 Å². The van der Waals surface area contributed by atoms with Crippen molar-refractivity contribution in [3.8, 4) is 11.6 Å². The molecule has 15 heavy (non-hydrogen) atoms. The molecule has 1 aliphatic carbocycles. The number of rotatable bonds is 4. The van der Waals surface area contributed by atoms with Crippen molar-refractivity contribution >= 4 is 5.97 Å². The highest BCUT2D eigenvalue weighted by atomic mass is 16.5. The average Bonchev–Trinajstić information content (AvgIpc) is 3.01. The van der Waals surface area contributed by atoms with Gasteiger partial charge < -0.3 is 14.6 Å². The Hall–Kier alpha value is -1.78. The van der Waals surface area contributed by atoms with E-state index in [1.807, 2.05) is 0 Å². The highest BCUT2D eigenvalue weighted by Crippen LogP contribution is 2.28. The molecule has 0 amide bonds. The van der Waals surface area contributed by atoms with Gasteiger partial charge in [-0.3, -0.25) is 0 Å². The maximum Gasteiger partial charge on any atom is 0.341 e. The summed E-state index contributed by atoms with van der Waals surface area (Å²) >= 11 is 0. The summed E-state index contributed by atoms with van der Waals surface area (Å²) in [5.74, 6) is -0.484. The Morgan fingerprint density at radius 3 is 2.87 bits per heavy atom. The molecule has 0 bridgehead atoms. The molecule has 0 unspecified atom stereocenters. The third kappa shape index (κ3) is 2.18. The number of hydrogen-bond acceptors (Lipinski definition) is 4. The van der Waals surface area contributed by atoms with E-state index in [0.717, 1.165) is 12.8 Å². The van der Waals surface area contributed by atoms with Gasteiger partial charge in [-0.05, 0) is 12.8 Å². The highest BCUT2D eigenvalue weighted by Gasteiger charge is 2.24. The summed E-state index contributed by atoms with van der Waals surface area (Å²) in [5.41, 5.74) is 0.0238. The second-order valence-corrected chi connectivity index (χ2v) is 3.35. The van der Waals surface area contributed by atoms with Crippen LogP contribution >= 0.6 is 0 Å². The summed E-state index contributed by atoms with van der Waals surface area (Å²) < 4.78 is 10.3. The maximum absolute atomic E-state index is 10.9. The second kappa shape index (κ2) is 3.76. The van der Waals surface area contributed by atoms with E-state index in [1.165, 1.54) is 19.4 Å². The first-order valence-electron chi connectivity index (χ1n) is 4.64. The van der Waals surface area contributed by atoms with Crippen LogP contribution in [0.1, 0.15) is 23.2 Å². The van der Waals surface area contributed by atoms with Gasteiger partial charge in [-0.1, -0.05) is 0 Å².